The van der Waals surface area contributed by atoms with E-state index in [9.17, 15) is 4.79 Å². The van der Waals surface area contributed by atoms with Gasteiger partial charge in [0.2, 0.25) is 0 Å². The van der Waals surface area contributed by atoms with Crippen molar-refractivity contribution in [3.8, 4) is 0 Å². The highest BCUT2D eigenvalue weighted by atomic mass is 28.4. The molecule has 0 radical (unpaired) electrons. The average molecular weight is 407 g/mol. The second-order valence-corrected chi connectivity index (χ2v) is 15.1. The molecule has 3 nitrogen and oxygen atoms in total. The molecule has 28 heavy (non-hydrogen) atoms. The van der Waals surface area contributed by atoms with Gasteiger partial charge in [-0.1, -0.05) is 45.9 Å². The van der Waals surface area contributed by atoms with Crippen LogP contribution >= 0.6 is 0 Å². The molecule has 2 rings (SSSR count). The molecule has 0 heterocycles. The lowest BCUT2D eigenvalue weighted by atomic mass is 9.75. The SMILES string of the molecule is C=C1C(C(C)C)CC[C@]1(C)/C=C1\[C@H]([C@@H](C)C=O)CC[C@@]1(COC)O[Si](C)(C)C. The number of carbonyl (C=O) groups is 1. The van der Waals surface area contributed by atoms with Crippen LogP contribution in [0.3, 0.4) is 0 Å². The Kier molecular flexibility index (Phi) is 7.21. The summed E-state index contributed by atoms with van der Waals surface area (Å²) >= 11 is 0. The molecule has 0 bridgehead atoms. The number of allylic oxidation sites excluding steroid dienone is 2. The molecule has 2 aliphatic rings. The van der Waals surface area contributed by atoms with Crippen molar-refractivity contribution in [2.24, 2.45) is 29.1 Å². The van der Waals surface area contributed by atoms with E-state index < -0.39 is 13.9 Å². The summed E-state index contributed by atoms with van der Waals surface area (Å²) < 4.78 is 12.5. The lowest BCUT2D eigenvalue weighted by Crippen LogP contribution is -2.46. The number of hydrogen-bond acceptors (Lipinski definition) is 3. The van der Waals surface area contributed by atoms with E-state index in [1.807, 2.05) is 6.92 Å². The van der Waals surface area contributed by atoms with Crippen LogP contribution in [0.2, 0.25) is 19.6 Å². The van der Waals surface area contributed by atoms with Gasteiger partial charge in [-0.05, 0) is 68.7 Å². The molecule has 4 heteroatoms. The maximum atomic E-state index is 11.7. The van der Waals surface area contributed by atoms with Gasteiger partial charge < -0.3 is 14.0 Å². The minimum atomic E-state index is -1.81. The highest BCUT2D eigenvalue weighted by molar-refractivity contribution is 6.69. The standard InChI is InChI=1S/C24H42O3Si/c1-17(2)20-10-12-23(5,19(20)4)14-22-21(18(3)15-25)11-13-24(22,16-26-6)27-28(7,8)9/h14-15,17-18,20-21H,4,10-13,16H2,1-3,5-9H3/b22-14+/t18-,20?,21-,23+,24-/m0/s1. The third-order valence-corrected chi connectivity index (χ3v) is 7.95. The maximum Gasteiger partial charge on any atom is 0.185 e. The van der Waals surface area contributed by atoms with Gasteiger partial charge in [-0.25, -0.2) is 0 Å². The Hall–Kier alpha value is -0.713. The average Bonchev–Trinajstić information content (AvgIpc) is 3.05. The van der Waals surface area contributed by atoms with Gasteiger partial charge in [0.25, 0.3) is 0 Å². The quantitative estimate of drug-likeness (QED) is 0.281. The number of carbonyl (C=O) groups excluding carboxylic acids is 1. The molecule has 2 fully saturated rings. The van der Waals surface area contributed by atoms with Crippen LogP contribution in [0.25, 0.3) is 0 Å². The smallest absolute Gasteiger partial charge is 0.185 e. The van der Waals surface area contributed by atoms with Gasteiger partial charge in [0.1, 0.15) is 11.9 Å². The summed E-state index contributed by atoms with van der Waals surface area (Å²) in [5, 5.41) is 0. The summed E-state index contributed by atoms with van der Waals surface area (Å²) in [6.07, 6.45) is 7.78. The van der Waals surface area contributed by atoms with Gasteiger partial charge in [0, 0.05) is 18.4 Å². The molecule has 0 amide bonds. The maximum absolute atomic E-state index is 11.7. The molecule has 2 saturated carbocycles. The summed E-state index contributed by atoms with van der Waals surface area (Å²) in [5.74, 6) is 1.41. The van der Waals surface area contributed by atoms with E-state index in [0.717, 1.165) is 25.5 Å². The first kappa shape index (κ1) is 23.6. The van der Waals surface area contributed by atoms with Crippen LogP contribution in [-0.2, 0) is 14.0 Å². The Morgan fingerprint density at radius 3 is 2.25 bits per heavy atom. The van der Waals surface area contributed by atoms with Gasteiger partial charge >= 0.3 is 0 Å². The summed E-state index contributed by atoms with van der Waals surface area (Å²) in [5.41, 5.74) is 2.21. The van der Waals surface area contributed by atoms with E-state index >= 15 is 0 Å². The molecular formula is C24H42O3Si. The number of aldehydes is 1. The van der Waals surface area contributed by atoms with E-state index in [1.54, 1.807) is 7.11 Å². The van der Waals surface area contributed by atoms with Crippen molar-refractivity contribution in [2.75, 3.05) is 13.7 Å². The van der Waals surface area contributed by atoms with Gasteiger partial charge in [-0.15, -0.1) is 0 Å². The van der Waals surface area contributed by atoms with Gasteiger partial charge in [-0.2, -0.15) is 0 Å². The van der Waals surface area contributed by atoms with E-state index in [4.69, 9.17) is 9.16 Å². The summed E-state index contributed by atoms with van der Waals surface area (Å²) in [7, 11) is -0.0499. The number of rotatable bonds is 8. The predicted octanol–water partition coefficient (Wildman–Crippen LogP) is 6.02. The number of ether oxygens (including phenoxy) is 1. The van der Waals surface area contributed by atoms with Crippen molar-refractivity contribution < 1.29 is 14.0 Å². The van der Waals surface area contributed by atoms with Gasteiger partial charge in [-0.3, -0.25) is 0 Å². The van der Waals surface area contributed by atoms with Crippen molar-refractivity contribution in [3.63, 3.8) is 0 Å². The molecule has 0 spiro atoms. The van der Waals surface area contributed by atoms with Gasteiger partial charge in [0.05, 0.1) is 6.61 Å². The zero-order chi connectivity index (χ0) is 21.3. The molecule has 5 atom stereocenters. The normalized spacial score (nSPS) is 36.5. The predicted molar refractivity (Wildman–Crippen MR) is 120 cm³/mol. The van der Waals surface area contributed by atoms with Crippen molar-refractivity contribution >= 4 is 14.6 Å². The fraction of sp³-hybridized carbons (Fsp3) is 0.792. The van der Waals surface area contributed by atoms with Crippen molar-refractivity contribution in [2.45, 2.75) is 78.6 Å². The molecule has 0 aromatic rings. The fourth-order valence-electron chi connectivity index (χ4n) is 5.48. The topological polar surface area (TPSA) is 35.5 Å². The first-order chi connectivity index (χ1) is 12.9. The molecule has 1 unspecified atom stereocenters. The zero-order valence-electron chi connectivity index (χ0n) is 19.4. The van der Waals surface area contributed by atoms with Crippen LogP contribution in [0.1, 0.15) is 53.4 Å². The van der Waals surface area contributed by atoms with E-state index in [2.05, 4.69) is 53.1 Å². The Morgan fingerprint density at radius 2 is 1.79 bits per heavy atom. The second kappa shape index (κ2) is 8.57. The Bertz CT molecular complexity index is 618. The third kappa shape index (κ3) is 4.71. The molecule has 0 aromatic heterocycles. The largest absolute Gasteiger partial charge is 0.406 e. The van der Waals surface area contributed by atoms with Crippen LogP contribution in [0.15, 0.2) is 23.8 Å². The summed E-state index contributed by atoms with van der Waals surface area (Å²) in [4.78, 5) is 11.7. The molecule has 0 N–H and O–H groups in total. The Balaban J connectivity index is 2.54. The minimum Gasteiger partial charge on any atom is -0.406 e. The zero-order valence-corrected chi connectivity index (χ0v) is 20.4. The monoisotopic (exact) mass is 406 g/mol. The Labute approximate surface area is 174 Å². The van der Waals surface area contributed by atoms with Crippen LogP contribution in [0.4, 0.5) is 0 Å². The first-order valence-electron chi connectivity index (χ1n) is 11.0. The molecule has 160 valence electrons. The molecule has 0 aromatic carbocycles. The summed E-state index contributed by atoms with van der Waals surface area (Å²) in [6.45, 7) is 20.8. The lowest BCUT2D eigenvalue weighted by Gasteiger charge is -2.40. The molecule has 2 aliphatic carbocycles. The lowest BCUT2D eigenvalue weighted by molar-refractivity contribution is -0.111. The van der Waals surface area contributed by atoms with Crippen LogP contribution < -0.4 is 0 Å². The number of methoxy groups -OCH3 is 1. The van der Waals surface area contributed by atoms with Crippen molar-refractivity contribution in [3.05, 3.63) is 23.8 Å². The van der Waals surface area contributed by atoms with E-state index in [0.29, 0.717) is 18.4 Å². The van der Waals surface area contributed by atoms with E-state index in [-0.39, 0.29) is 17.3 Å². The van der Waals surface area contributed by atoms with Crippen LogP contribution in [0.5, 0.6) is 0 Å². The van der Waals surface area contributed by atoms with Crippen LogP contribution in [0, 0.1) is 29.1 Å². The molecular weight excluding hydrogens is 364 g/mol. The van der Waals surface area contributed by atoms with Crippen molar-refractivity contribution in [1.29, 1.82) is 0 Å². The third-order valence-electron chi connectivity index (χ3n) is 6.95. The number of hydrogen-bond donors (Lipinski definition) is 0. The summed E-state index contributed by atoms with van der Waals surface area (Å²) in [6, 6.07) is 0. The molecule has 0 aliphatic heterocycles. The van der Waals surface area contributed by atoms with Gasteiger partial charge in [0.15, 0.2) is 8.32 Å². The second-order valence-electron chi connectivity index (χ2n) is 10.7. The van der Waals surface area contributed by atoms with Crippen LogP contribution in [-0.4, -0.2) is 33.9 Å². The van der Waals surface area contributed by atoms with E-state index in [1.165, 1.54) is 17.6 Å². The molecule has 0 saturated heterocycles. The highest BCUT2D eigenvalue weighted by Gasteiger charge is 2.50. The minimum absolute atomic E-state index is 0.00520. The Morgan fingerprint density at radius 1 is 1.18 bits per heavy atom. The first-order valence-corrected chi connectivity index (χ1v) is 14.4. The van der Waals surface area contributed by atoms with Crippen molar-refractivity contribution in [1.82, 2.24) is 0 Å². The highest BCUT2D eigenvalue weighted by Crippen LogP contribution is 2.54. The fourth-order valence-corrected chi connectivity index (χ4v) is 6.93.